The number of alkyl halides is 5. The van der Waals surface area contributed by atoms with Crippen LogP contribution in [-0.2, 0) is 19.6 Å². The molecule has 0 radical (unpaired) electrons. The van der Waals surface area contributed by atoms with Crippen molar-refractivity contribution in [2.45, 2.75) is 79.2 Å². The quantitative estimate of drug-likeness (QED) is 0.167. The van der Waals surface area contributed by atoms with Crippen molar-refractivity contribution in [2.24, 2.45) is 5.92 Å². The fourth-order valence-corrected chi connectivity index (χ4v) is 6.58. The number of carbonyl (C=O) groups excluding carboxylic acids is 2. The average molecular weight is 643 g/mol. The van der Waals surface area contributed by atoms with Gasteiger partial charge in [-0.25, -0.2) is 18.0 Å². The summed E-state index contributed by atoms with van der Waals surface area (Å²) in [6.45, 7) is -3.27. The Kier molecular flexibility index (Phi) is 10.0. The average Bonchev–Trinajstić information content (AvgIpc) is 3.57. The fraction of sp³-hybridized carbons (Fsp3) is 0.609. The highest BCUT2D eigenvalue weighted by Gasteiger charge is 2.65. The lowest BCUT2D eigenvalue weighted by atomic mass is 9.83. The molecule has 12 nitrogen and oxygen atoms in total. The first kappa shape index (κ1) is 32.0. The minimum Gasteiger partial charge on any atom is -0.338 e. The number of halogens is 5. The topological polar surface area (TPSA) is 165 Å². The smallest absolute Gasteiger partial charge is 0.338 e. The van der Waals surface area contributed by atoms with E-state index in [-0.39, 0.29) is 47.7 Å². The number of amides is 2. The number of hydrogen-bond acceptors (Lipinski definition) is 10. The van der Waals surface area contributed by atoms with Gasteiger partial charge in [0.1, 0.15) is 22.3 Å². The third kappa shape index (κ3) is 7.93. The van der Waals surface area contributed by atoms with Crippen molar-refractivity contribution in [2.75, 3.05) is 17.7 Å². The molecule has 0 saturated heterocycles. The number of nitrogens with zero attached hydrogens (tertiary/aromatic N) is 3. The van der Waals surface area contributed by atoms with Gasteiger partial charge in [-0.05, 0) is 54.0 Å². The third-order valence-electron chi connectivity index (χ3n) is 6.85. The molecule has 1 atom stereocenters. The van der Waals surface area contributed by atoms with E-state index >= 15 is 0 Å². The molecule has 2 fully saturated rings. The molecule has 232 valence electrons. The van der Waals surface area contributed by atoms with Gasteiger partial charge < -0.3 is 15.4 Å². The van der Waals surface area contributed by atoms with Crippen LogP contribution in [0.3, 0.4) is 0 Å². The Balaban J connectivity index is 1.43. The molecule has 2 amide bonds. The summed E-state index contributed by atoms with van der Waals surface area (Å²) in [6, 6.07) is 1.06. The van der Waals surface area contributed by atoms with Crippen LogP contribution >= 0.6 is 11.8 Å². The molecule has 0 aromatic carbocycles. The lowest BCUT2D eigenvalue weighted by Gasteiger charge is -2.29. The zero-order valence-corrected chi connectivity index (χ0v) is 23.5. The monoisotopic (exact) mass is 642 g/mol. The summed E-state index contributed by atoms with van der Waals surface area (Å²) in [5, 5.41) is 12.3. The van der Waals surface area contributed by atoms with Crippen molar-refractivity contribution in [1.29, 1.82) is 0 Å². The fourth-order valence-electron chi connectivity index (χ4n) is 4.47. The Morgan fingerprint density at radius 1 is 1.14 bits per heavy atom. The van der Waals surface area contributed by atoms with E-state index in [1.165, 1.54) is 0 Å². The first-order valence-corrected chi connectivity index (χ1v) is 15.3. The van der Waals surface area contributed by atoms with Crippen LogP contribution in [0.5, 0.6) is 0 Å². The first-order valence-electron chi connectivity index (χ1n) is 12.8. The second-order valence-corrected chi connectivity index (χ2v) is 12.6. The van der Waals surface area contributed by atoms with E-state index in [0.717, 1.165) is 49.4 Å². The predicted octanol–water partition coefficient (Wildman–Crippen LogP) is 3.49. The SMILES string of the molecule is O=C(N[C@H](C(=O)Nc1ccc(S(=O)(=O)NC2(C(F)(F)F)CC2)cn1)C1CCCCC1)c1nonc1SCCOC(F)F. The highest BCUT2D eigenvalue weighted by Crippen LogP contribution is 2.49. The molecule has 0 bridgehead atoms. The summed E-state index contributed by atoms with van der Waals surface area (Å²) < 4.78 is 99.5. The minimum atomic E-state index is -4.75. The molecule has 2 aliphatic carbocycles. The number of hydrogen-bond donors (Lipinski definition) is 3. The van der Waals surface area contributed by atoms with E-state index in [0.29, 0.717) is 12.8 Å². The zero-order chi connectivity index (χ0) is 30.5. The molecule has 0 aliphatic heterocycles. The Labute approximate surface area is 240 Å². The first-order chi connectivity index (χ1) is 19.8. The van der Waals surface area contributed by atoms with Gasteiger partial charge in [0.15, 0.2) is 5.03 Å². The van der Waals surface area contributed by atoms with Crippen molar-refractivity contribution in [3.63, 3.8) is 0 Å². The van der Waals surface area contributed by atoms with E-state index in [2.05, 4.69) is 35.3 Å². The van der Waals surface area contributed by atoms with E-state index in [1.807, 2.05) is 0 Å². The summed E-state index contributed by atoms with van der Waals surface area (Å²) in [6.07, 6.45) is -0.832. The highest BCUT2D eigenvalue weighted by atomic mass is 32.2. The maximum atomic E-state index is 13.3. The summed E-state index contributed by atoms with van der Waals surface area (Å²) in [7, 11) is -4.55. The molecule has 42 heavy (non-hydrogen) atoms. The maximum Gasteiger partial charge on any atom is 0.407 e. The van der Waals surface area contributed by atoms with Gasteiger partial charge in [-0.3, -0.25) is 9.59 Å². The number of nitrogens with one attached hydrogen (secondary N) is 3. The summed E-state index contributed by atoms with van der Waals surface area (Å²) >= 11 is 0.896. The molecule has 19 heteroatoms. The molecule has 2 aromatic rings. The number of carbonyl (C=O) groups is 2. The Morgan fingerprint density at radius 3 is 2.45 bits per heavy atom. The van der Waals surface area contributed by atoms with E-state index in [9.17, 15) is 40.0 Å². The van der Waals surface area contributed by atoms with Gasteiger partial charge in [-0.2, -0.15) is 26.7 Å². The lowest BCUT2D eigenvalue weighted by molar-refractivity contribution is -0.160. The number of thioether (sulfide) groups is 1. The number of ether oxygens (including phenoxy) is 1. The van der Waals surface area contributed by atoms with Gasteiger partial charge in [0, 0.05) is 11.9 Å². The minimum absolute atomic E-state index is 0.0127. The molecule has 3 N–H and O–H groups in total. The van der Waals surface area contributed by atoms with Gasteiger partial charge in [0.2, 0.25) is 21.6 Å². The molecule has 2 aliphatic rings. The van der Waals surface area contributed by atoms with Gasteiger partial charge in [0.05, 0.1) is 6.61 Å². The number of aromatic nitrogens is 3. The van der Waals surface area contributed by atoms with Gasteiger partial charge in [-0.15, -0.1) is 0 Å². The molecular weight excluding hydrogens is 615 g/mol. The molecule has 2 heterocycles. The molecule has 2 saturated carbocycles. The van der Waals surface area contributed by atoms with Crippen LogP contribution in [0.4, 0.5) is 27.8 Å². The van der Waals surface area contributed by atoms with Crippen LogP contribution in [0.25, 0.3) is 0 Å². The van der Waals surface area contributed by atoms with Crippen molar-refractivity contribution in [3.05, 3.63) is 24.0 Å². The van der Waals surface area contributed by atoms with Crippen LogP contribution in [0.2, 0.25) is 0 Å². The van der Waals surface area contributed by atoms with E-state index < -0.39 is 51.1 Å². The second kappa shape index (κ2) is 13.2. The van der Waals surface area contributed by atoms with Gasteiger partial charge in [0.25, 0.3) is 5.91 Å². The number of pyridine rings is 1. The van der Waals surface area contributed by atoms with Gasteiger partial charge >= 0.3 is 12.8 Å². The zero-order valence-electron chi connectivity index (χ0n) is 21.8. The number of rotatable bonds is 13. The standard InChI is InChI=1S/C23H27F5N6O6S2/c24-21(25)39-10-11-41-20-17(32-40-33-20)19(36)31-16(13-4-2-1-3-5-13)18(35)30-15-7-6-14(12-29-15)42(37,38)34-22(8-9-22)23(26,27)28/h6-7,12-13,16,21,34H,1-5,8-11H2,(H,31,36)(H,29,30,35)/t16-/m0/s1. The Morgan fingerprint density at radius 2 is 1.86 bits per heavy atom. The van der Waals surface area contributed by atoms with Crippen LogP contribution < -0.4 is 15.4 Å². The molecule has 0 spiro atoms. The second-order valence-electron chi connectivity index (χ2n) is 9.80. The van der Waals surface area contributed by atoms with Crippen LogP contribution in [0, 0.1) is 5.92 Å². The predicted molar refractivity (Wildman–Crippen MR) is 136 cm³/mol. The van der Waals surface area contributed by atoms with Crippen molar-refractivity contribution in [1.82, 2.24) is 25.3 Å². The highest BCUT2D eigenvalue weighted by molar-refractivity contribution is 7.99. The Bertz CT molecular complexity index is 1350. The molecule has 2 aromatic heterocycles. The van der Waals surface area contributed by atoms with Crippen molar-refractivity contribution >= 4 is 39.4 Å². The van der Waals surface area contributed by atoms with Crippen LogP contribution in [0.1, 0.15) is 55.4 Å². The van der Waals surface area contributed by atoms with Gasteiger partial charge in [-0.1, -0.05) is 31.0 Å². The van der Waals surface area contributed by atoms with E-state index in [4.69, 9.17) is 0 Å². The number of anilines is 1. The number of sulfonamides is 1. The van der Waals surface area contributed by atoms with E-state index in [1.54, 1.807) is 4.72 Å². The normalized spacial score (nSPS) is 18.0. The third-order valence-corrected chi connectivity index (χ3v) is 9.28. The Hall–Kier alpha value is -2.90. The van der Waals surface area contributed by atoms with Crippen LogP contribution in [-0.4, -0.2) is 72.3 Å². The summed E-state index contributed by atoms with van der Waals surface area (Å²) in [4.78, 5) is 29.7. The molecule has 0 unspecified atom stereocenters. The van der Waals surface area contributed by atoms with Crippen molar-refractivity contribution < 1.29 is 49.3 Å². The van der Waals surface area contributed by atoms with Crippen molar-refractivity contribution in [3.8, 4) is 0 Å². The summed E-state index contributed by atoms with van der Waals surface area (Å²) in [5.74, 6) is -1.79. The summed E-state index contributed by atoms with van der Waals surface area (Å²) in [5.41, 5.74) is -2.75. The largest absolute Gasteiger partial charge is 0.407 e. The molecule has 4 rings (SSSR count). The van der Waals surface area contributed by atoms with Crippen LogP contribution in [0.15, 0.2) is 32.9 Å². The maximum absolute atomic E-state index is 13.3. The lowest BCUT2D eigenvalue weighted by Crippen LogP contribution is -2.49. The molecular formula is C23H27F5N6O6S2.